The van der Waals surface area contributed by atoms with Gasteiger partial charge in [0.25, 0.3) is 0 Å². The van der Waals surface area contributed by atoms with Crippen LogP contribution in [0.25, 0.3) is 0 Å². The van der Waals surface area contributed by atoms with Gasteiger partial charge in [-0.25, -0.2) is 0 Å². The highest BCUT2D eigenvalue weighted by molar-refractivity contribution is 5.72. The van der Waals surface area contributed by atoms with Crippen LogP contribution in [0, 0.1) is 5.92 Å². The first kappa shape index (κ1) is 5.27. The molecule has 1 unspecified atom stereocenters. The van der Waals surface area contributed by atoms with Gasteiger partial charge in [-0.05, 0) is 19.3 Å². The number of rotatable bonds is 0. The van der Waals surface area contributed by atoms with E-state index in [9.17, 15) is 4.79 Å². The van der Waals surface area contributed by atoms with E-state index in [0.717, 1.165) is 6.42 Å². The summed E-state index contributed by atoms with van der Waals surface area (Å²) in [5.74, 6) is 0.599. The molecule has 1 aliphatic carbocycles. The Balaban J connectivity index is 2.09. The largest absolute Gasteiger partial charge is 0.462 e. The fourth-order valence-corrected chi connectivity index (χ4v) is 1.82. The molecule has 1 saturated carbocycles. The molecule has 2 fully saturated rings. The smallest absolute Gasteiger partial charge is 0.306 e. The van der Waals surface area contributed by atoms with Crippen molar-refractivity contribution >= 4 is 5.97 Å². The summed E-state index contributed by atoms with van der Waals surface area (Å²) in [5, 5.41) is 0. The van der Waals surface area contributed by atoms with E-state index < -0.39 is 0 Å². The molecule has 50 valence electrons. The van der Waals surface area contributed by atoms with E-state index in [-0.39, 0.29) is 5.97 Å². The van der Waals surface area contributed by atoms with Crippen molar-refractivity contribution in [2.75, 3.05) is 0 Å². The molecule has 2 atom stereocenters. The first-order valence-electron chi connectivity index (χ1n) is 3.56. The zero-order chi connectivity index (χ0) is 6.27. The van der Waals surface area contributed by atoms with Crippen LogP contribution in [-0.4, -0.2) is 12.1 Å². The van der Waals surface area contributed by atoms with Gasteiger partial charge in [-0.1, -0.05) is 0 Å². The van der Waals surface area contributed by atoms with Crippen LogP contribution in [0.15, 0.2) is 0 Å². The zero-order valence-electron chi connectivity index (χ0n) is 5.30. The van der Waals surface area contributed by atoms with Crippen molar-refractivity contribution in [1.82, 2.24) is 0 Å². The maximum Gasteiger partial charge on any atom is 0.306 e. The van der Waals surface area contributed by atoms with E-state index in [1.807, 2.05) is 0 Å². The van der Waals surface area contributed by atoms with Gasteiger partial charge in [-0.2, -0.15) is 0 Å². The van der Waals surface area contributed by atoms with Crippen molar-refractivity contribution in [2.45, 2.75) is 31.8 Å². The standard InChI is InChI=1S/C7H10O2/c8-7-4-5-2-1-3-6(5)9-7/h5-6H,1-4H2/t5?,6-/m0/s1. The Morgan fingerprint density at radius 3 is 3.11 bits per heavy atom. The number of hydrogen-bond donors (Lipinski definition) is 0. The number of esters is 1. The number of ether oxygens (including phenoxy) is 1. The van der Waals surface area contributed by atoms with E-state index >= 15 is 0 Å². The summed E-state index contributed by atoms with van der Waals surface area (Å²) in [7, 11) is 0. The maximum atomic E-state index is 10.6. The monoisotopic (exact) mass is 126 g/mol. The Morgan fingerprint density at radius 2 is 2.33 bits per heavy atom. The van der Waals surface area contributed by atoms with E-state index in [2.05, 4.69) is 0 Å². The third kappa shape index (κ3) is 0.732. The second-order valence-corrected chi connectivity index (χ2v) is 2.92. The van der Waals surface area contributed by atoms with E-state index in [1.165, 1.54) is 12.8 Å². The van der Waals surface area contributed by atoms with Crippen molar-refractivity contribution in [3.8, 4) is 0 Å². The minimum atomic E-state index is 0.0182. The lowest BCUT2D eigenvalue weighted by Gasteiger charge is -2.03. The Morgan fingerprint density at radius 1 is 1.44 bits per heavy atom. The van der Waals surface area contributed by atoms with Gasteiger partial charge in [0.05, 0.1) is 6.42 Å². The summed E-state index contributed by atoms with van der Waals surface area (Å²) >= 11 is 0. The lowest BCUT2D eigenvalue weighted by atomic mass is 10.1. The molecule has 0 aromatic rings. The van der Waals surface area contributed by atoms with Crippen molar-refractivity contribution in [3.05, 3.63) is 0 Å². The molecule has 2 heteroatoms. The highest BCUT2D eigenvalue weighted by Gasteiger charge is 2.37. The number of carbonyl (C=O) groups excluding carboxylic acids is 1. The lowest BCUT2D eigenvalue weighted by Crippen LogP contribution is -2.06. The summed E-state index contributed by atoms with van der Waals surface area (Å²) in [4.78, 5) is 10.6. The second kappa shape index (κ2) is 1.72. The molecule has 9 heavy (non-hydrogen) atoms. The number of carbonyl (C=O) groups is 1. The molecule has 1 saturated heterocycles. The molecule has 2 aliphatic rings. The molecular weight excluding hydrogens is 116 g/mol. The predicted molar refractivity (Wildman–Crippen MR) is 31.8 cm³/mol. The Bertz CT molecular complexity index is 128. The molecule has 0 N–H and O–H groups in total. The molecule has 2 nitrogen and oxygen atoms in total. The van der Waals surface area contributed by atoms with Gasteiger partial charge in [0.1, 0.15) is 6.10 Å². The third-order valence-corrected chi connectivity index (χ3v) is 2.30. The predicted octanol–water partition coefficient (Wildman–Crippen LogP) is 1.10. The highest BCUT2D eigenvalue weighted by Crippen LogP contribution is 2.35. The summed E-state index contributed by atoms with van der Waals surface area (Å²) in [6.07, 6.45) is 4.55. The maximum absolute atomic E-state index is 10.6. The van der Waals surface area contributed by atoms with E-state index in [4.69, 9.17) is 4.74 Å². The second-order valence-electron chi connectivity index (χ2n) is 2.92. The average molecular weight is 126 g/mol. The van der Waals surface area contributed by atoms with Crippen LogP contribution < -0.4 is 0 Å². The van der Waals surface area contributed by atoms with Gasteiger partial charge in [0.2, 0.25) is 0 Å². The Hall–Kier alpha value is -0.530. The normalized spacial score (nSPS) is 40.7. The van der Waals surface area contributed by atoms with Gasteiger partial charge in [0, 0.05) is 5.92 Å². The van der Waals surface area contributed by atoms with Crippen molar-refractivity contribution < 1.29 is 9.53 Å². The molecular formula is C7H10O2. The molecule has 0 aromatic heterocycles. The molecule has 0 bridgehead atoms. The van der Waals surface area contributed by atoms with Gasteiger partial charge in [-0.15, -0.1) is 0 Å². The van der Waals surface area contributed by atoms with Crippen LogP contribution in [0.4, 0.5) is 0 Å². The van der Waals surface area contributed by atoms with Crippen molar-refractivity contribution in [1.29, 1.82) is 0 Å². The van der Waals surface area contributed by atoms with Crippen LogP contribution in [0.2, 0.25) is 0 Å². The molecule has 0 amide bonds. The topological polar surface area (TPSA) is 26.3 Å². The van der Waals surface area contributed by atoms with Crippen molar-refractivity contribution in [3.63, 3.8) is 0 Å². The molecule has 2 rings (SSSR count). The summed E-state index contributed by atoms with van der Waals surface area (Å²) in [6.45, 7) is 0. The SMILES string of the molecule is O=C1CC2CCC[C@@H]2O1. The lowest BCUT2D eigenvalue weighted by molar-refractivity contribution is -0.141. The summed E-state index contributed by atoms with van der Waals surface area (Å²) in [6, 6.07) is 0. The van der Waals surface area contributed by atoms with Crippen LogP contribution in [0.5, 0.6) is 0 Å². The minimum Gasteiger partial charge on any atom is -0.462 e. The van der Waals surface area contributed by atoms with Crippen LogP contribution >= 0.6 is 0 Å². The Labute approximate surface area is 54.2 Å². The Kier molecular flexibility index (Phi) is 1.01. The third-order valence-electron chi connectivity index (χ3n) is 2.30. The van der Waals surface area contributed by atoms with Crippen LogP contribution in [0.1, 0.15) is 25.7 Å². The average Bonchev–Trinajstić information content (AvgIpc) is 2.22. The molecule has 0 radical (unpaired) electrons. The van der Waals surface area contributed by atoms with Crippen molar-refractivity contribution in [2.24, 2.45) is 5.92 Å². The van der Waals surface area contributed by atoms with E-state index in [0.29, 0.717) is 18.4 Å². The summed E-state index contributed by atoms with van der Waals surface area (Å²) < 4.78 is 5.05. The first-order valence-corrected chi connectivity index (χ1v) is 3.56. The fourth-order valence-electron chi connectivity index (χ4n) is 1.82. The molecule has 0 aromatic carbocycles. The minimum absolute atomic E-state index is 0.0182. The highest BCUT2D eigenvalue weighted by atomic mass is 16.5. The molecule has 0 spiro atoms. The quantitative estimate of drug-likeness (QED) is 0.454. The van der Waals surface area contributed by atoms with Gasteiger partial charge in [0.15, 0.2) is 0 Å². The van der Waals surface area contributed by atoms with Crippen LogP contribution in [0.3, 0.4) is 0 Å². The van der Waals surface area contributed by atoms with E-state index in [1.54, 1.807) is 0 Å². The molecule has 1 heterocycles. The van der Waals surface area contributed by atoms with Crippen LogP contribution in [-0.2, 0) is 9.53 Å². The number of fused-ring (bicyclic) bond motifs is 1. The fraction of sp³-hybridized carbons (Fsp3) is 0.857. The summed E-state index contributed by atoms with van der Waals surface area (Å²) in [5.41, 5.74) is 0. The molecule has 1 aliphatic heterocycles. The first-order chi connectivity index (χ1) is 4.36. The van der Waals surface area contributed by atoms with Gasteiger partial charge >= 0.3 is 5.97 Å². The zero-order valence-corrected chi connectivity index (χ0v) is 5.30. The van der Waals surface area contributed by atoms with Gasteiger partial charge < -0.3 is 4.74 Å². The van der Waals surface area contributed by atoms with Gasteiger partial charge in [-0.3, -0.25) is 4.79 Å². The number of hydrogen-bond acceptors (Lipinski definition) is 2.